The Morgan fingerprint density at radius 1 is 1.05 bits per heavy atom. The predicted octanol–water partition coefficient (Wildman–Crippen LogP) is 3.10. The molecule has 0 bridgehead atoms. The first kappa shape index (κ1) is 13.9. The smallest absolute Gasteiger partial charge is 0.124 e. The lowest BCUT2D eigenvalue weighted by molar-refractivity contribution is 0.0319. The molecular formula is C17H25NO2. The molecule has 0 spiro atoms. The van der Waals surface area contributed by atoms with E-state index in [1.165, 1.54) is 17.5 Å². The minimum Gasteiger partial charge on any atom is -0.488 e. The first-order valence-electron chi connectivity index (χ1n) is 7.97. The standard InChI is InChI=1S/C17H25NO2/c18-15-6-4-5-12-11-13(9-10-14(12)15)20-17-8-3-1-2-7-16(17)19/h9-11,15-17,19H,1-8,18H2. The highest BCUT2D eigenvalue weighted by Crippen LogP contribution is 2.32. The molecule has 0 amide bonds. The minimum absolute atomic E-state index is 0.0483. The Hall–Kier alpha value is -1.06. The van der Waals surface area contributed by atoms with Crippen LogP contribution in [-0.2, 0) is 6.42 Å². The molecule has 1 fully saturated rings. The van der Waals surface area contributed by atoms with Crippen LogP contribution in [0.2, 0.25) is 0 Å². The van der Waals surface area contributed by atoms with Crippen molar-refractivity contribution in [3.63, 3.8) is 0 Å². The summed E-state index contributed by atoms with van der Waals surface area (Å²) < 4.78 is 6.06. The fourth-order valence-corrected chi connectivity index (χ4v) is 3.47. The molecule has 2 aliphatic carbocycles. The quantitative estimate of drug-likeness (QED) is 0.815. The molecule has 3 atom stereocenters. The molecule has 0 saturated heterocycles. The van der Waals surface area contributed by atoms with Crippen molar-refractivity contribution in [1.82, 2.24) is 0 Å². The Labute approximate surface area is 121 Å². The zero-order valence-corrected chi connectivity index (χ0v) is 12.1. The van der Waals surface area contributed by atoms with Crippen LogP contribution in [0, 0.1) is 0 Å². The van der Waals surface area contributed by atoms with E-state index >= 15 is 0 Å². The fourth-order valence-electron chi connectivity index (χ4n) is 3.47. The van der Waals surface area contributed by atoms with Crippen LogP contribution >= 0.6 is 0 Å². The maximum atomic E-state index is 10.1. The fraction of sp³-hybridized carbons (Fsp3) is 0.647. The minimum atomic E-state index is -0.323. The summed E-state index contributed by atoms with van der Waals surface area (Å²) in [5.41, 5.74) is 8.73. The van der Waals surface area contributed by atoms with Crippen molar-refractivity contribution < 1.29 is 9.84 Å². The van der Waals surface area contributed by atoms with Gasteiger partial charge in [0.05, 0.1) is 6.10 Å². The van der Waals surface area contributed by atoms with Gasteiger partial charge < -0.3 is 15.6 Å². The highest BCUT2D eigenvalue weighted by molar-refractivity contribution is 5.39. The number of aliphatic hydroxyl groups is 1. The zero-order chi connectivity index (χ0) is 13.9. The number of fused-ring (bicyclic) bond motifs is 1. The topological polar surface area (TPSA) is 55.5 Å². The molecule has 1 saturated carbocycles. The molecule has 1 aromatic carbocycles. The van der Waals surface area contributed by atoms with Crippen LogP contribution in [0.1, 0.15) is 62.1 Å². The van der Waals surface area contributed by atoms with Gasteiger partial charge in [0.15, 0.2) is 0 Å². The summed E-state index contributed by atoms with van der Waals surface area (Å²) in [6.07, 6.45) is 8.24. The molecule has 0 aliphatic heterocycles. The first-order valence-corrected chi connectivity index (χ1v) is 7.97. The van der Waals surface area contributed by atoms with Crippen molar-refractivity contribution in [2.45, 2.75) is 69.6 Å². The van der Waals surface area contributed by atoms with E-state index in [1.807, 2.05) is 6.07 Å². The van der Waals surface area contributed by atoms with Gasteiger partial charge in [-0.25, -0.2) is 0 Å². The summed E-state index contributed by atoms with van der Waals surface area (Å²) in [7, 11) is 0. The van der Waals surface area contributed by atoms with Crippen molar-refractivity contribution in [2.24, 2.45) is 5.73 Å². The predicted molar refractivity (Wildman–Crippen MR) is 79.8 cm³/mol. The second kappa shape index (κ2) is 6.15. The molecule has 3 unspecified atom stereocenters. The summed E-state index contributed by atoms with van der Waals surface area (Å²) in [6.45, 7) is 0. The molecule has 1 aromatic rings. The number of benzene rings is 1. The maximum Gasteiger partial charge on any atom is 0.124 e. The Balaban J connectivity index is 1.74. The summed E-state index contributed by atoms with van der Waals surface area (Å²) in [5, 5.41) is 10.1. The van der Waals surface area contributed by atoms with Gasteiger partial charge in [-0.2, -0.15) is 0 Å². The van der Waals surface area contributed by atoms with Crippen LogP contribution in [0.5, 0.6) is 5.75 Å². The molecule has 0 radical (unpaired) electrons. The van der Waals surface area contributed by atoms with E-state index in [-0.39, 0.29) is 18.2 Å². The number of rotatable bonds is 2. The van der Waals surface area contributed by atoms with E-state index in [0.29, 0.717) is 0 Å². The summed E-state index contributed by atoms with van der Waals surface area (Å²) in [4.78, 5) is 0. The molecule has 3 N–H and O–H groups in total. The van der Waals surface area contributed by atoms with Crippen LogP contribution in [-0.4, -0.2) is 17.3 Å². The lowest BCUT2D eigenvalue weighted by atomic mass is 9.88. The summed E-state index contributed by atoms with van der Waals surface area (Å²) in [6, 6.07) is 6.43. The van der Waals surface area contributed by atoms with E-state index in [0.717, 1.165) is 50.7 Å². The second-order valence-corrected chi connectivity index (χ2v) is 6.22. The second-order valence-electron chi connectivity index (χ2n) is 6.22. The Bertz CT molecular complexity index is 460. The van der Waals surface area contributed by atoms with E-state index in [4.69, 9.17) is 10.5 Å². The van der Waals surface area contributed by atoms with Crippen molar-refractivity contribution in [2.75, 3.05) is 0 Å². The number of aryl methyl sites for hydroxylation is 1. The molecule has 3 nitrogen and oxygen atoms in total. The average molecular weight is 275 g/mol. The average Bonchev–Trinajstić information content (AvgIpc) is 2.64. The molecule has 2 aliphatic rings. The lowest BCUT2D eigenvalue weighted by Gasteiger charge is -2.25. The van der Waals surface area contributed by atoms with Gasteiger partial charge in [0.2, 0.25) is 0 Å². The van der Waals surface area contributed by atoms with Gasteiger partial charge in [-0.1, -0.05) is 18.9 Å². The van der Waals surface area contributed by atoms with Crippen LogP contribution in [0.25, 0.3) is 0 Å². The number of hydrogen-bond donors (Lipinski definition) is 2. The third kappa shape index (κ3) is 2.99. The van der Waals surface area contributed by atoms with Crippen molar-refractivity contribution in [1.29, 1.82) is 0 Å². The summed E-state index contributed by atoms with van der Waals surface area (Å²) in [5.74, 6) is 0.892. The van der Waals surface area contributed by atoms with E-state index in [9.17, 15) is 5.11 Å². The van der Waals surface area contributed by atoms with Crippen molar-refractivity contribution in [3.8, 4) is 5.75 Å². The van der Waals surface area contributed by atoms with Gasteiger partial charge >= 0.3 is 0 Å². The van der Waals surface area contributed by atoms with Gasteiger partial charge in [0.1, 0.15) is 11.9 Å². The van der Waals surface area contributed by atoms with Crippen LogP contribution in [0.3, 0.4) is 0 Å². The normalized spacial score (nSPS) is 30.4. The Morgan fingerprint density at radius 3 is 2.80 bits per heavy atom. The van der Waals surface area contributed by atoms with E-state index in [2.05, 4.69) is 12.1 Å². The lowest BCUT2D eigenvalue weighted by Crippen LogP contribution is -2.30. The van der Waals surface area contributed by atoms with Gasteiger partial charge in [0, 0.05) is 6.04 Å². The molecule has 0 heterocycles. The largest absolute Gasteiger partial charge is 0.488 e. The Morgan fingerprint density at radius 2 is 1.90 bits per heavy atom. The van der Waals surface area contributed by atoms with E-state index < -0.39 is 0 Å². The molecule has 110 valence electrons. The molecule has 0 aromatic heterocycles. The third-order valence-corrected chi connectivity index (χ3v) is 4.68. The molecular weight excluding hydrogens is 250 g/mol. The highest BCUT2D eigenvalue weighted by Gasteiger charge is 2.24. The van der Waals surface area contributed by atoms with Gasteiger partial charge in [-0.05, 0) is 61.8 Å². The monoisotopic (exact) mass is 275 g/mol. The van der Waals surface area contributed by atoms with Gasteiger partial charge in [-0.3, -0.25) is 0 Å². The zero-order valence-electron chi connectivity index (χ0n) is 12.1. The van der Waals surface area contributed by atoms with Crippen LogP contribution < -0.4 is 10.5 Å². The van der Waals surface area contributed by atoms with Crippen LogP contribution in [0.4, 0.5) is 0 Å². The number of hydrogen-bond acceptors (Lipinski definition) is 3. The first-order chi connectivity index (χ1) is 9.74. The molecule has 3 heteroatoms. The number of nitrogens with two attached hydrogens (primary N) is 1. The summed E-state index contributed by atoms with van der Waals surface area (Å²) >= 11 is 0. The SMILES string of the molecule is NC1CCCc2cc(OC3CCCCCC3O)ccc21. The van der Waals surface area contributed by atoms with Crippen molar-refractivity contribution >= 4 is 0 Å². The van der Waals surface area contributed by atoms with Crippen molar-refractivity contribution in [3.05, 3.63) is 29.3 Å². The van der Waals surface area contributed by atoms with Gasteiger partial charge in [-0.15, -0.1) is 0 Å². The van der Waals surface area contributed by atoms with E-state index in [1.54, 1.807) is 0 Å². The number of ether oxygens (including phenoxy) is 1. The molecule has 3 rings (SSSR count). The highest BCUT2D eigenvalue weighted by atomic mass is 16.5. The Kier molecular flexibility index (Phi) is 4.27. The van der Waals surface area contributed by atoms with Gasteiger partial charge in [0.25, 0.3) is 0 Å². The molecule has 20 heavy (non-hydrogen) atoms. The third-order valence-electron chi connectivity index (χ3n) is 4.68. The maximum absolute atomic E-state index is 10.1. The van der Waals surface area contributed by atoms with Crippen LogP contribution in [0.15, 0.2) is 18.2 Å². The number of aliphatic hydroxyl groups excluding tert-OH is 1.